The highest BCUT2D eigenvalue weighted by Crippen LogP contribution is 2.38. The number of ether oxygens (including phenoxy) is 3. The van der Waals surface area contributed by atoms with E-state index in [1.807, 2.05) is 0 Å². The number of hydrogen-bond acceptors (Lipinski definition) is 4. The molecule has 0 aromatic heterocycles. The summed E-state index contributed by atoms with van der Waals surface area (Å²) < 4.78 is 28.8. The van der Waals surface area contributed by atoms with Gasteiger partial charge in [-0.05, 0) is 41.5 Å². The Balaban J connectivity index is 2.12. The molecule has 0 unspecified atom stereocenters. The zero-order chi connectivity index (χ0) is 19.1. The number of nitrogens with zero attached hydrogens (tertiary/aromatic N) is 1. The van der Waals surface area contributed by atoms with Gasteiger partial charge in [-0.15, -0.1) is 0 Å². The fraction of sp³-hybridized carbons (Fsp3) is 0.250. The van der Waals surface area contributed by atoms with Gasteiger partial charge in [-0.2, -0.15) is 0 Å². The number of carbonyl (C=O) groups is 1. The summed E-state index contributed by atoms with van der Waals surface area (Å²) in [6.07, 6.45) is 3.14. The predicted molar refractivity (Wildman–Crippen MR) is 98.0 cm³/mol. The predicted octanol–water partition coefficient (Wildman–Crippen LogP) is 3.52. The fourth-order valence-electron chi connectivity index (χ4n) is 2.43. The van der Waals surface area contributed by atoms with Crippen molar-refractivity contribution in [1.82, 2.24) is 4.90 Å². The third kappa shape index (κ3) is 4.75. The molecule has 0 atom stereocenters. The van der Waals surface area contributed by atoms with E-state index >= 15 is 0 Å². The van der Waals surface area contributed by atoms with Crippen LogP contribution in [0.25, 0.3) is 6.08 Å². The van der Waals surface area contributed by atoms with Crippen LogP contribution < -0.4 is 14.2 Å². The highest BCUT2D eigenvalue weighted by molar-refractivity contribution is 5.91. The van der Waals surface area contributed by atoms with E-state index in [1.165, 1.54) is 39.5 Å². The number of benzene rings is 2. The number of carbonyl (C=O) groups excluding carboxylic acids is 1. The van der Waals surface area contributed by atoms with Gasteiger partial charge in [0.15, 0.2) is 11.5 Å². The van der Waals surface area contributed by atoms with Crippen LogP contribution in [0.5, 0.6) is 17.2 Å². The number of methoxy groups -OCH3 is 3. The van der Waals surface area contributed by atoms with Gasteiger partial charge in [0, 0.05) is 19.7 Å². The van der Waals surface area contributed by atoms with Crippen molar-refractivity contribution < 1.29 is 23.4 Å². The van der Waals surface area contributed by atoms with Gasteiger partial charge in [-0.1, -0.05) is 12.1 Å². The van der Waals surface area contributed by atoms with Crippen LogP contribution >= 0.6 is 0 Å². The topological polar surface area (TPSA) is 48.0 Å². The number of hydrogen-bond donors (Lipinski definition) is 0. The summed E-state index contributed by atoms with van der Waals surface area (Å²) in [5.41, 5.74) is 1.59. The summed E-state index contributed by atoms with van der Waals surface area (Å²) in [6, 6.07) is 9.57. The second kappa shape index (κ2) is 8.89. The van der Waals surface area contributed by atoms with E-state index in [1.54, 1.807) is 42.3 Å². The minimum atomic E-state index is -0.301. The lowest BCUT2D eigenvalue weighted by Gasteiger charge is -2.15. The lowest BCUT2D eigenvalue weighted by Crippen LogP contribution is -2.24. The summed E-state index contributed by atoms with van der Waals surface area (Å²) in [7, 11) is 6.29. The Bertz CT molecular complexity index is 762. The molecule has 2 aromatic carbocycles. The molecule has 0 bridgehead atoms. The zero-order valence-corrected chi connectivity index (χ0v) is 15.3. The first kappa shape index (κ1) is 19.3. The number of likely N-dealkylation sites (N-methyl/N-ethyl adjacent to an activating group) is 1. The van der Waals surface area contributed by atoms with Crippen LogP contribution in [0.4, 0.5) is 4.39 Å². The van der Waals surface area contributed by atoms with Gasteiger partial charge >= 0.3 is 0 Å². The van der Waals surface area contributed by atoms with Crippen molar-refractivity contribution in [3.05, 3.63) is 59.4 Å². The first-order valence-corrected chi connectivity index (χ1v) is 7.96. The Morgan fingerprint density at radius 3 is 2.12 bits per heavy atom. The lowest BCUT2D eigenvalue weighted by atomic mass is 10.1. The molecule has 0 fully saturated rings. The molecule has 5 nitrogen and oxygen atoms in total. The standard InChI is InChI=1S/C20H22FNO4/c1-22(13-14-5-8-16(21)9-6-14)19(23)10-7-15-11-17(24-2)20(26-4)18(12-15)25-3/h5-12H,13H2,1-4H3. The molecule has 2 aromatic rings. The van der Waals surface area contributed by atoms with Crippen LogP contribution in [0, 0.1) is 5.82 Å². The Labute approximate surface area is 152 Å². The average molecular weight is 359 g/mol. The summed E-state index contributed by atoms with van der Waals surface area (Å²) in [4.78, 5) is 13.8. The molecule has 0 saturated heterocycles. The summed E-state index contributed by atoms with van der Waals surface area (Å²) in [5, 5.41) is 0. The molecule has 6 heteroatoms. The van der Waals surface area contributed by atoms with Gasteiger partial charge < -0.3 is 19.1 Å². The van der Waals surface area contributed by atoms with Crippen LogP contribution in [-0.4, -0.2) is 39.2 Å². The normalized spacial score (nSPS) is 10.7. The quantitative estimate of drug-likeness (QED) is 0.710. The summed E-state index contributed by atoms with van der Waals surface area (Å²) in [5.74, 6) is 1.04. The maximum absolute atomic E-state index is 12.9. The number of rotatable bonds is 7. The van der Waals surface area contributed by atoms with E-state index < -0.39 is 0 Å². The third-order valence-corrected chi connectivity index (χ3v) is 3.81. The van der Waals surface area contributed by atoms with Crippen LogP contribution in [-0.2, 0) is 11.3 Å². The van der Waals surface area contributed by atoms with Crippen molar-refractivity contribution in [1.29, 1.82) is 0 Å². The Morgan fingerprint density at radius 1 is 1.04 bits per heavy atom. The second-order valence-electron chi connectivity index (χ2n) is 5.61. The molecular weight excluding hydrogens is 337 g/mol. The van der Waals surface area contributed by atoms with Gasteiger partial charge in [-0.3, -0.25) is 4.79 Å². The molecule has 0 aliphatic heterocycles. The second-order valence-corrected chi connectivity index (χ2v) is 5.61. The van der Waals surface area contributed by atoms with Gasteiger partial charge in [0.05, 0.1) is 21.3 Å². The van der Waals surface area contributed by atoms with E-state index in [4.69, 9.17) is 14.2 Å². The van der Waals surface area contributed by atoms with E-state index in [2.05, 4.69) is 0 Å². The fourth-order valence-corrected chi connectivity index (χ4v) is 2.43. The molecule has 0 N–H and O–H groups in total. The molecule has 138 valence electrons. The molecule has 0 aliphatic rings. The summed E-state index contributed by atoms with van der Waals surface area (Å²) in [6.45, 7) is 0.388. The average Bonchev–Trinajstić information content (AvgIpc) is 2.66. The molecule has 0 spiro atoms. The van der Waals surface area contributed by atoms with Gasteiger partial charge in [-0.25, -0.2) is 4.39 Å². The van der Waals surface area contributed by atoms with Crippen molar-refractivity contribution >= 4 is 12.0 Å². The Kier molecular flexibility index (Phi) is 6.60. The molecule has 26 heavy (non-hydrogen) atoms. The van der Waals surface area contributed by atoms with E-state index in [0.717, 1.165) is 11.1 Å². The Morgan fingerprint density at radius 2 is 1.62 bits per heavy atom. The highest BCUT2D eigenvalue weighted by Gasteiger charge is 2.12. The number of amides is 1. The van der Waals surface area contributed by atoms with Crippen LogP contribution in [0.1, 0.15) is 11.1 Å². The smallest absolute Gasteiger partial charge is 0.246 e. The van der Waals surface area contributed by atoms with Crippen LogP contribution in [0.3, 0.4) is 0 Å². The molecule has 0 radical (unpaired) electrons. The van der Waals surface area contributed by atoms with Crippen molar-refractivity contribution in [2.24, 2.45) is 0 Å². The number of halogens is 1. The van der Waals surface area contributed by atoms with Gasteiger partial charge in [0.1, 0.15) is 5.82 Å². The first-order chi connectivity index (χ1) is 12.5. The monoisotopic (exact) mass is 359 g/mol. The molecule has 2 rings (SSSR count). The van der Waals surface area contributed by atoms with E-state index in [0.29, 0.717) is 23.8 Å². The van der Waals surface area contributed by atoms with Gasteiger partial charge in [0.2, 0.25) is 11.7 Å². The van der Waals surface area contributed by atoms with Gasteiger partial charge in [0.25, 0.3) is 0 Å². The van der Waals surface area contributed by atoms with Crippen molar-refractivity contribution in [2.45, 2.75) is 6.54 Å². The molecule has 0 saturated carbocycles. The zero-order valence-electron chi connectivity index (χ0n) is 15.3. The van der Waals surface area contributed by atoms with Crippen LogP contribution in [0.15, 0.2) is 42.5 Å². The third-order valence-electron chi connectivity index (χ3n) is 3.81. The molecule has 0 aliphatic carbocycles. The first-order valence-electron chi connectivity index (χ1n) is 7.96. The van der Waals surface area contributed by atoms with Crippen molar-refractivity contribution in [3.63, 3.8) is 0 Å². The minimum absolute atomic E-state index is 0.178. The molecular formula is C20H22FNO4. The van der Waals surface area contributed by atoms with Crippen molar-refractivity contribution in [2.75, 3.05) is 28.4 Å². The lowest BCUT2D eigenvalue weighted by molar-refractivity contribution is -0.125. The maximum atomic E-state index is 12.9. The minimum Gasteiger partial charge on any atom is -0.493 e. The highest BCUT2D eigenvalue weighted by atomic mass is 19.1. The SMILES string of the molecule is COc1cc(C=CC(=O)N(C)Cc2ccc(F)cc2)cc(OC)c1OC. The van der Waals surface area contributed by atoms with E-state index in [-0.39, 0.29) is 11.7 Å². The molecule has 1 amide bonds. The van der Waals surface area contributed by atoms with E-state index in [9.17, 15) is 9.18 Å². The Hall–Kier alpha value is -3.02. The summed E-state index contributed by atoms with van der Waals surface area (Å²) >= 11 is 0. The molecule has 0 heterocycles. The maximum Gasteiger partial charge on any atom is 0.246 e. The van der Waals surface area contributed by atoms with Crippen LogP contribution in [0.2, 0.25) is 0 Å². The largest absolute Gasteiger partial charge is 0.493 e. The van der Waals surface area contributed by atoms with Crippen molar-refractivity contribution in [3.8, 4) is 17.2 Å².